The molecule has 0 radical (unpaired) electrons. The SMILES string of the molecule is NC/C(=C\F)Cn1ncn(-c2cccc(C#Cc3ccc(N4CCOCC4)nc3)n2)c1=O. The lowest BCUT2D eigenvalue weighted by molar-refractivity contribution is 0.122. The van der Waals surface area contributed by atoms with E-state index in [0.29, 0.717) is 31.1 Å². The lowest BCUT2D eigenvalue weighted by atomic mass is 10.2. The molecule has 0 bridgehead atoms. The number of aromatic nitrogens is 5. The number of rotatable bonds is 5. The van der Waals surface area contributed by atoms with Gasteiger partial charge in [-0.2, -0.15) is 5.10 Å². The Balaban J connectivity index is 1.51. The molecule has 4 heterocycles. The zero-order chi connectivity index (χ0) is 22.3. The highest BCUT2D eigenvalue weighted by atomic mass is 19.1. The minimum atomic E-state index is -0.446. The van der Waals surface area contributed by atoms with Crippen molar-refractivity contribution in [1.29, 1.82) is 0 Å². The van der Waals surface area contributed by atoms with Crippen LogP contribution in [0.1, 0.15) is 11.3 Å². The second kappa shape index (κ2) is 10.00. The molecule has 2 N–H and O–H groups in total. The van der Waals surface area contributed by atoms with E-state index in [1.54, 1.807) is 24.4 Å². The number of ether oxygens (including phenoxy) is 1. The third kappa shape index (κ3) is 4.91. The Morgan fingerprint density at radius 1 is 1.19 bits per heavy atom. The quantitative estimate of drug-likeness (QED) is 0.593. The molecule has 0 aromatic carbocycles. The molecule has 4 rings (SSSR count). The lowest BCUT2D eigenvalue weighted by Gasteiger charge is -2.27. The maximum atomic E-state index is 12.8. The molecule has 3 aromatic heterocycles. The van der Waals surface area contributed by atoms with Crippen molar-refractivity contribution in [3.8, 4) is 17.7 Å². The first-order valence-corrected chi connectivity index (χ1v) is 10.1. The Kier molecular flexibility index (Phi) is 6.69. The Hall–Kier alpha value is -3.81. The fourth-order valence-corrected chi connectivity index (χ4v) is 3.14. The first kappa shape index (κ1) is 21.4. The number of anilines is 1. The average molecular weight is 435 g/mol. The molecule has 32 heavy (non-hydrogen) atoms. The molecule has 0 spiro atoms. The van der Waals surface area contributed by atoms with Crippen LogP contribution in [0, 0.1) is 11.8 Å². The smallest absolute Gasteiger partial charge is 0.351 e. The summed E-state index contributed by atoms with van der Waals surface area (Å²) in [6, 6.07) is 9.03. The third-order valence-corrected chi connectivity index (χ3v) is 4.90. The summed E-state index contributed by atoms with van der Waals surface area (Å²) in [6.07, 6.45) is 3.45. The zero-order valence-corrected chi connectivity index (χ0v) is 17.3. The molecule has 1 saturated heterocycles. The van der Waals surface area contributed by atoms with Crippen molar-refractivity contribution >= 4 is 5.82 Å². The van der Waals surface area contributed by atoms with Gasteiger partial charge in [0.05, 0.1) is 26.1 Å². The Morgan fingerprint density at radius 2 is 2.03 bits per heavy atom. The highest BCUT2D eigenvalue weighted by Gasteiger charge is 2.12. The highest BCUT2D eigenvalue weighted by Crippen LogP contribution is 2.12. The Morgan fingerprint density at radius 3 is 2.75 bits per heavy atom. The van der Waals surface area contributed by atoms with E-state index in [4.69, 9.17) is 10.5 Å². The molecule has 3 aromatic rings. The topological polar surface area (TPSA) is 104 Å². The van der Waals surface area contributed by atoms with Crippen LogP contribution in [-0.2, 0) is 11.3 Å². The van der Waals surface area contributed by atoms with E-state index in [1.165, 1.54) is 10.9 Å². The van der Waals surface area contributed by atoms with E-state index in [9.17, 15) is 9.18 Å². The van der Waals surface area contributed by atoms with Gasteiger partial charge in [0.15, 0.2) is 0 Å². The number of nitrogens with two attached hydrogens (primary N) is 1. The minimum absolute atomic E-state index is 0.00140. The standard InChI is InChI=1S/C22H22FN7O2/c23-12-18(13-24)15-30-22(31)29(16-26-30)21-3-1-2-19(27-21)6-4-17-5-7-20(25-14-17)28-8-10-32-11-9-28/h1-3,5,7,12,14,16H,8-11,13,15,24H2/b18-12+. The Labute approximate surface area is 184 Å². The molecule has 164 valence electrons. The van der Waals surface area contributed by atoms with Gasteiger partial charge in [-0.05, 0) is 35.8 Å². The van der Waals surface area contributed by atoms with Crippen LogP contribution in [0.2, 0.25) is 0 Å². The second-order valence-corrected chi connectivity index (χ2v) is 7.05. The number of halogens is 1. The van der Waals surface area contributed by atoms with Crippen LogP contribution in [0.3, 0.4) is 0 Å². The van der Waals surface area contributed by atoms with Crippen molar-refractivity contribution in [2.24, 2.45) is 5.73 Å². The van der Waals surface area contributed by atoms with Gasteiger partial charge in [0.25, 0.3) is 0 Å². The molecule has 0 atom stereocenters. The normalized spacial score (nSPS) is 14.2. The van der Waals surface area contributed by atoms with Gasteiger partial charge < -0.3 is 15.4 Å². The zero-order valence-electron chi connectivity index (χ0n) is 17.3. The summed E-state index contributed by atoms with van der Waals surface area (Å²) in [7, 11) is 0. The van der Waals surface area contributed by atoms with Crippen LogP contribution in [-0.4, -0.2) is 57.2 Å². The van der Waals surface area contributed by atoms with E-state index >= 15 is 0 Å². The summed E-state index contributed by atoms with van der Waals surface area (Å²) < 4.78 is 20.5. The van der Waals surface area contributed by atoms with Crippen molar-refractivity contribution in [3.63, 3.8) is 0 Å². The molecule has 1 fully saturated rings. The van der Waals surface area contributed by atoms with Crippen molar-refractivity contribution < 1.29 is 9.13 Å². The number of morpholine rings is 1. The molecule has 10 heteroatoms. The van der Waals surface area contributed by atoms with Gasteiger partial charge in [0.1, 0.15) is 23.7 Å². The number of pyridine rings is 2. The van der Waals surface area contributed by atoms with E-state index in [0.717, 1.165) is 29.2 Å². The summed E-state index contributed by atoms with van der Waals surface area (Å²) in [5.41, 5.74) is 6.51. The first-order valence-electron chi connectivity index (χ1n) is 10.1. The van der Waals surface area contributed by atoms with E-state index in [2.05, 4.69) is 31.8 Å². The monoisotopic (exact) mass is 435 g/mol. The fourth-order valence-electron chi connectivity index (χ4n) is 3.14. The Bertz CT molecular complexity index is 1220. The average Bonchev–Trinajstić information content (AvgIpc) is 3.22. The summed E-state index contributed by atoms with van der Waals surface area (Å²) in [6.45, 7) is 3.03. The van der Waals surface area contributed by atoms with E-state index in [1.807, 2.05) is 12.1 Å². The molecule has 0 unspecified atom stereocenters. The highest BCUT2D eigenvalue weighted by molar-refractivity contribution is 5.45. The minimum Gasteiger partial charge on any atom is -0.378 e. The first-order chi connectivity index (χ1) is 15.7. The van der Waals surface area contributed by atoms with Crippen LogP contribution < -0.4 is 16.3 Å². The predicted octanol–water partition coefficient (Wildman–Crippen LogP) is 0.872. The number of hydrogen-bond acceptors (Lipinski definition) is 7. The van der Waals surface area contributed by atoms with Crippen LogP contribution in [0.5, 0.6) is 0 Å². The van der Waals surface area contributed by atoms with Crippen LogP contribution in [0.25, 0.3) is 5.82 Å². The van der Waals surface area contributed by atoms with Gasteiger partial charge in [-0.25, -0.2) is 28.4 Å². The molecule has 1 aliphatic heterocycles. The van der Waals surface area contributed by atoms with Gasteiger partial charge >= 0.3 is 5.69 Å². The van der Waals surface area contributed by atoms with E-state index < -0.39 is 5.69 Å². The van der Waals surface area contributed by atoms with E-state index in [-0.39, 0.29) is 18.7 Å². The van der Waals surface area contributed by atoms with Crippen LogP contribution in [0.15, 0.2) is 59.6 Å². The van der Waals surface area contributed by atoms with Gasteiger partial charge in [0.2, 0.25) is 0 Å². The van der Waals surface area contributed by atoms with Gasteiger partial charge in [-0.1, -0.05) is 12.0 Å². The molecule has 0 amide bonds. The fraction of sp³-hybridized carbons (Fsp3) is 0.273. The van der Waals surface area contributed by atoms with Crippen LogP contribution in [0.4, 0.5) is 10.2 Å². The summed E-state index contributed by atoms with van der Waals surface area (Å²) in [4.78, 5) is 23.6. The second-order valence-electron chi connectivity index (χ2n) is 7.05. The van der Waals surface area contributed by atoms with Crippen molar-refractivity contribution in [2.75, 3.05) is 37.7 Å². The summed E-state index contributed by atoms with van der Waals surface area (Å²) in [5, 5.41) is 4.01. The van der Waals surface area contributed by atoms with Gasteiger partial charge in [0, 0.05) is 31.4 Å². The summed E-state index contributed by atoms with van der Waals surface area (Å²) in [5.74, 6) is 7.30. The van der Waals surface area contributed by atoms with Crippen molar-refractivity contribution in [2.45, 2.75) is 6.54 Å². The third-order valence-electron chi connectivity index (χ3n) is 4.90. The molecular weight excluding hydrogens is 413 g/mol. The maximum Gasteiger partial charge on any atom is 0.351 e. The number of nitrogens with zero attached hydrogens (tertiary/aromatic N) is 6. The molecular formula is C22H22FN7O2. The molecule has 1 aliphatic rings. The largest absolute Gasteiger partial charge is 0.378 e. The molecule has 9 nitrogen and oxygen atoms in total. The summed E-state index contributed by atoms with van der Waals surface area (Å²) >= 11 is 0. The van der Waals surface area contributed by atoms with Gasteiger partial charge in [-0.15, -0.1) is 0 Å². The van der Waals surface area contributed by atoms with Crippen molar-refractivity contribution in [1.82, 2.24) is 24.3 Å². The maximum absolute atomic E-state index is 12.8. The van der Waals surface area contributed by atoms with Crippen LogP contribution >= 0.6 is 0 Å². The lowest BCUT2D eigenvalue weighted by Crippen LogP contribution is -2.36. The molecule has 0 aliphatic carbocycles. The number of hydrogen-bond donors (Lipinski definition) is 1. The van der Waals surface area contributed by atoms with Crippen molar-refractivity contribution in [3.05, 3.63) is 76.5 Å². The van der Waals surface area contributed by atoms with Gasteiger partial charge in [-0.3, -0.25) is 0 Å². The predicted molar refractivity (Wildman–Crippen MR) is 117 cm³/mol. The molecule has 0 saturated carbocycles.